The van der Waals surface area contributed by atoms with E-state index in [-0.39, 0.29) is 22.8 Å². The van der Waals surface area contributed by atoms with Crippen LogP contribution < -0.4 is 4.90 Å². The van der Waals surface area contributed by atoms with Crippen molar-refractivity contribution >= 4 is 11.4 Å². The Bertz CT molecular complexity index is 466. The van der Waals surface area contributed by atoms with Gasteiger partial charge in [0, 0.05) is 30.9 Å². The highest BCUT2D eigenvalue weighted by molar-refractivity contribution is 5.58. The van der Waals surface area contributed by atoms with E-state index in [9.17, 15) is 10.1 Å². The summed E-state index contributed by atoms with van der Waals surface area (Å²) in [7, 11) is 0. The Morgan fingerprint density at radius 3 is 2.53 bits per heavy atom. The highest BCUT2D eigenvalue weighted by Gasteiger charge is 2.24. The SMILES string of the molecule is CCc1cc([N+](=O)[O-])ccc1N1C[C@@H](C)O[C@H](C)C1. The number of nitrogens with zero attached hydrogens (tertiary/aromatic N) is 2. The fourth-order valence-corrected chi connectivity index (χ4v) is 2.65. The maximum absolute atomic E-state index is 10.8. The molecule has 0 spiro atoms. The monoisotopic (exact) mass is 264 g/mol. The van der Waals surface area contributed by atoms with Crippen LogP contribution >= 0.6 is 0 Å². The predicted molar refractivity (Wildman–Crippen MR) is 74.7 cm³/mol. The van der Waals surface area contributed by atoms with E-state index in [2.05, 4.69) is 18.7 Å². The zero-order valence-corrected chi connectivity index (χ0v) is 11.6. The average Bonchev–Trinajstić information content (AvgIpc) is 2.36. The van der Waals surface area contributed by atoms with Crippen LogP contribution in [0.1, 0.15) is 26.3 Å². The van der Waals surface area contributed by atoms with E-state index >= 15 is 0 Å². The number of benzene rings is 1. The molecule has 19 heavy (non-hydrogen) atoms. The van der Waals surface area contributed by atoms with Gasteiger partial charge in [0.25, 0.3) is 5.69 Å². The molecule has 5 heteroatoms. The molecule has 1 fully saturated rings. The fourth-order valence-electron chi connectivity index (χ4n) is 2.65. The molecule has 1 aliphatic heterocycles. The highest BCUT2D eigenvalue weighted by atomic mass is 16.6. The summed E-state index contributed by atoms with van der Waals surface area (Å²) in [6, 6.07) is 5.13. The van der Waals surface area contributed by atoms with Crippen LogP contribution in [0.2, 0.25) is 0 Å². The molecule has 0 radical (unpaired) electrons. The van der Waals surface area contributed by atoms with Gasteiger partial charge in [-0.2, -0.15) is 0 Å². The van der Waals surface area contributed by atoms with Crippen molar-refractivity contribution < 1.29 is 9.66 Å². The second kappa shape index (κ2) is 5.57. The second-order valence-electron chi connectivity index (χ2n) is 5.09. The summed E-state index contributed by atoms with van der Waals surface area (Å²) >= 11 is 0. The molecule has 0 aliphatic carbocycles. The van der Waals surface area contributed by atoms with Gasteiger partial charge >= 0.3 is 0 Å². The topological polar surface area (TPSA) is 55.6 Å². The van der Waals surface area contributed by atoms with E-state index in [1.807, 2.05) is 13.0 Å². The Morgan fingerprint density at radius 2 is 2.00 bits per heavy atom. The first kappa shape index (κ1) is 13.8. The normalized spacial score (nSPS) is 23.4. The van der Waals surface area contributed by atoms with E-state index in [4.69, 9.17) is 4.74 Å². The smallest absolute Gasteiger partial charge is 0.269 e. The number of non-ortho nitro benzene ring substituents is 1. The highest BCUT2D eigenvalue weighted by Crippen LogP contribution is 2.28. The summed E-state index contributed by atoms with van der Waals surface area (Å²) < 4.78 is 5.72. The summed E-state index contributed by atoms with van der Waals surface area (Å²) in [5, 5.41) is 10.8. The number of hydrogen-bond donors (Lipinski definition) is 0. The van der Waals surface area contributed by atoms with Crippen molar-refractivity contribution in [3.8, 4) is 0 Å². The van der Waals surface area contributed by atoms with Gasteiger partial charge in [-0.1, -0.05) is 6.92 Å². The maximum atomic E-state index is 10.8. The van der Waals surface area contributed by atoms with Gasteiger partial charge in [-0.05, 0) is 31.9 Å². The lowest BCUT2D eigenvalue weighted by Crippen LogP contribution is -2.45. The van der Waals surface area contributed by atoms with Crippen molar-refractivity contribution in [3.63, 3.8) is 0 Å². The minimum atomic E-state index is -0.340. The molecule has 0 N–H and O–H groups in total. The maximum Gasteiger partial charge on any atom is 0.269 e. The van der Waals surface area contributed by atoms with Crippen molar-refractivity contribution in [2.24, 2.45) is 0 Å². The lowest BCUT2D eigenvalue weighted by molar-refractivity contribution is -0.384. The number of anilines is 1. The van der Waals surface area contributed by atoms with Gasteiger partial charge in [0.15, 0.2) is 0 Å². The molecule has 0 amide bonds. The zero-order valence-electron chi connectivity index (χ0n) is 11.6. The van der Waals surface area contributed by atoms with Crippen molar-refractivity contribution in [2.45, 2.75) is 39.4 Å². The molecule has 0 aromatic heterocycles. The first-order valence-electron chi connectivity index (χ1n) is 6.69. The fraction of sp³-hybridized carbons (Fsp3) is 0.571. The van der Waals surface area contributed by atoms with Gasteiger partial charge in [0.2, 0.25) is 0 Å². The molecule has 2 rings (SSSR count). The minimum Gasteiger partial charge on any atom is -0.372 e. The quantitative estimate of drug-likeness (QED) is 0.622. The van der Waals surface area contributed by atoms with Crippen molar-refractivity contribution in [2.75, 3.05) is 18.0 Å². The number of morpholine rings is 1. The Hall–Kier alpha value is -1.62. The van der Waals surface area contributed by atoms with Crippen LogP contribution in [0.5, 0.6) is 0 Å². The third kappa shape index (κ3) is 3.04. The zero-order chi connectivity index (χ0) is 14.0. The van der Waals surface area contributed by atoms with Gasteiger partial charge in [-0.3, -0.25) is 10.1 Å². The van der Waals surface area contributed by atoms with Crippen LogP contribution in [0.15, 0.2) is 18.2 Å². The predicted octanol–water partition coefficient (Wildman–Crippen LogP) is 2.77. The molecule has 0 saturated carbocycles. The first-order valence-corrected chi connectivity index (χ1v) is 6.69. The molecule has 1 aromatic rings. The van der Waals surface area contributed by atoms with Crippen molar-refractivity contribution in [1.82, 2.24) is 0 Å². The van der Waals surface area contributed by atoms with Gasteiger partial charge in [0.05, 0.1) is 17.1 Å². The van der Waals surface area contributed by atoms with E-state index in [0.717, 1.165) is 30.8 Å². The lowest BCUT2D eigenvalue weighted by Gasteiger charge is -2.37. The molecule has 104 valence electrons. The van der Waals surface area contributed by atoms with Gasteiger partial charge in [0.1, 0.15) is 0 Å². The Kier molecular flexibility index (Phi) is 4.04. The van der Waals surface area contributed by atoms with Gasteiger partial charge in [-0.15, -0.1) is 0 Å². The van der Waals surface area contributed by atoms with Crippen LogP contribution in [0, 0.1) is 10.1 Å². The summed E-state index contributed by atoms with van der Waals surface area (Å²) in [5.41, 5.74) is 2.28. The summed E-state index contributed by atoms with van der Waals surface area (Å²) in [6.07, 6.45) is 1.16. The lowest BCUT2D eigenvalue weighted by atomic mass is 10.1. The third-order valence-electron chi connectivity index (χ3n) is 3.42. The summed E-state index contributed by atoms with van der Waals surface area (Å²) in [6.45, 7) is 7.79. The summed E-state index contributed by atoms with van der Waals surface area (Å²) in [4.78, 5) is 12.8. The number of rotatable bonds is 3. The Morgan fingerprint density at radius 1 is 1.37 bits per heavy atom. The first-order chi connectivity index (χ1) is 9.01. The van der Waals surface area contributed by atoms with Gasteiger partial charge < -0.3 is 9.64 Å². The average molecular weight is 264 g/mol. The van der Waals surface area contributed by atoms with Crippen molar-refractivity contribution in [1.29, 1.82) is 0 Å². The van der Waals surface area contributed by atoms with Gasteiger partial charge in [-0.25, -0.2) is 0 Å². The molecule has 1 saturated heterocycles. The van der Waals surface area contributed by atoms with E-state index in [1.54, 1.807) is 12.1 Å². The molecule has 1 aliphatic rings. The number of hydrogen-bond acceptors (Lipinski definition) is 4. The summed E-state index contributed by atoms with van der Waals surface area (Å²) in [5.74, 6) is 0. The molecule has 0 unspecified atom stereocenters. The third-order valence-corrected chi connectivity index (χ3v) is 3.42. The number of nitro benzene ring substituents is 1. The minimum absolute atomic E-state index is 0.162. The number of nitro groups is 1. The van der Waals surface area contributed by atoms with E-state index in [1.165, 1.54) is 0 Å². The number of ether oxygens (including phenoxy) is 1. The van der Waals surface area contributed by atoms with E-state index < -0.39 is 0 Å². The molecular formula is C14H20N2O3. The standard InChI is InChI=1S/C14H20N2O3/c1-4-12-7-13(16(17)18)5-6-14(12)15-8-10(2)19-11(3)9-15/h5-7,10-11H,4,8-9H2,1-3H3/t10-,11-/m1/s1. The second-order valence-corrected chi connectivity index (χ2v) is 5.09. The molecule has 1 aromatic carbocycles. The van der Waals surface area contributed by atoms with Crippen molar-refractivity contribution in [3.05, 3.63) is 33.9 Å². The Labute approximate surface area is 113 Å². The van der Waals surface area contributed by atoms with Crippen LogP contribution in [0.25, 0.3) is 0 Å². The van der Waals surface area contributed by atoms with E-state index in [0.29, 0.717) is 0 Å². The van der Waals surface area contributed by atoms with Crippen LogP contribution in [-0.2, 0) is 11.2 Å². The molecule has 2 atom stereocenters. The van der Waals surface area contributed by atoms with Crippen LogP contribution in [0.4, 0.5) is 11.4 Å². The molecule has 5 nitrogen and oxygen atoms in total. The molecule has 1 heterocycles. The molecule has 0 bridgehead atoms. The Balaban J connectivity index is 2.30. The largest absolute Gasteiger partial charge is 0.372 e. The molecular weight excluding hydrogens is 244 g/mol. The number of aryl methyl sites for hydroxylation is 1. The van der Waals surface area contributed by atoms with Crippen LogP contribution in [-0.4, -0.2) is 30.2 Å². The van der Waals surface area contributed by atoms with Crippen LogP contribution in [0.3, 0.4) is 0 Å².